The van der Waals surface area contributed by atoms with Crippen molar-refractivity contribution >= 4 is 0 Å². The first-order valence-corrected chi connectivity index (χ1v) is 5.81. The molecule has 4 nitrogen and oxygen atoms in total. The highest BCUT2D eigenvalue weighted by Gasteiger charge is 2.05. The molecule has 0 aliphatic carbocycles. The number of rotatable bonds is 5. The van der Waals surface area contributed by atoms with Gasteiger partial charge in [-0.3, -0.25) is 4.68 Å². The Morgan fingerprint density at radius 1 is 1.35 bits per heavy atom. The van der Waals surface area contributed by atoms with Gasteiger partial charge in [0.2, 0.25) is 0 Å². The lowest BCUT2D eigenvalue weighted by molar-refractivity contribution is 0.475. The minimum absolute atomic E-state index is 0.620. The lowest BCUT2D eigenvalue weighted by Gasteiger charge is -2.08. The second-order valence-electron chi connectivity index (χ2n) is 3.78. The van der Waals surface area contributed by atoms with E-state index in [2.05, 4.69) is 5.10 Å². The summed E-state index contributed by atoms with van der Waals surface area (Å²) in [7, 11) is 0. The number of hydrogen-bond acceptors (Lipinski definition) is 3. The number of hydrogen-bond donors (Lipinski definition) is 1. The average Bonchev–Trinajstić information content (AvgIpc) is 2.80. The first-order valence-electron chi connectivity index (χ1n) is 5.81. The van der Waals surface area contributed by atoms with Crippen LogP contribution in [0.4, 0.5) is 0 Å². The first-order chi connectivity index (χ1) is 8.33. The van der Waals surface area contributed by atoms with Crippen molar-refractivity contribution < 1.29 is 4.74 Å². The van der Waals surface area contributed by atoms with Crippen molar-refractivity contribution in [2.75, 3.05) is 6.54 Å². The van der Waals surface area contributed by atoms with Crippen molar-refractivity contribution in [2.24, 2.45) is 5.73 Å². The highest BCUT2D eigenvalue weighted by molar-refractivity contribution is 5.36. The lowest BCUT2D eigenvalue weighted by Crippen LogP contribution is -2.03. The van der Waals surface area contributed by atoms with E-state index in [0.29, 0.717) is 6.54 Å². The minimum atomic E-state index is 0.620. The molecule has 17 heavy (non-hydrogen) atoms. The molecule has 90 valence electrons. The van der Waals surface area contributed by atoms with Crippen LogP contribution in [0.15, 0.2) is 36.7 Å². The Morgan fingerprint density at radius 2 is 2.18 bits per heavy atom. The molecule has 0 aliphatic rings. The van der Waals surface area contributed by atoms with Crippen molar-refractivity contribution in [3.05, 3.63) is 42.2 Å². The quantitative estimate of drug-likeness (QED) is 0.858. The molecule has 0 saturated heterocycles. The van der Waals surface area contributed by atoms with Crippen LogP contribution in [0.1, 0.15) is 12.5 Å². The summed E-state index contributed by atoms with van der Waals surface area (Å²) in [6, 6.07) is 7.94. The van der Waals surface area contributed by atoms with Crippen molar-refractivity contribution in [1.29, 1.82) is 0 Å². The van der Waals surface area contributed by atoms with Crippen LogP contribution in [0.3, 0.4) is 0 Å². The van der Waals surface area contributed by atoms with Crippen molar-refractivity contribution in [2.45, 2.75) is 19.9 Å². The molecule has 2 N–H and O–H groups in total. The fourth-order valence-electron chi connectivity index (χ4n) is 1.66. The summed E-state index contributed by atoms with van der Waals surface area (Å²) >= 11 is 0. The van der Waals surface area contributed by atoms with Crippen LogP contribution in [0, 0.1) is 0 Å². The van der Waals surface area contributed by atoms with Crippen LogP contribution in [0.5, 0.6) is 11.5 Å². The van der Waals surface area contributed by atoms with Crippen LogP contribution in [-0.2, 0) is 13.0 Å². The van der Waals surface area contributed by atoms with E-state index >= 15 is 0 Å². The fourth-order valence-corrected chi connectivity index (χ4v) is 1.66. The summed E-state index contributed by atoms with van der Waals surface area (Å²) in [6.07, 6.45) is 4.43. The van der Waals surface area contributed by atoms with Crippen molar-refractivity contribution in [1.82, 2.24) is 9.78 Å². The third-order valence-corrected chi connectivity index (χ3v) is 2.55. The molecular formula is C13H17N3O. The molecule has 0 atom stereocenters. The molecule has 0 unspecified atom stereocenters. The Kier molecular flexibility index (Phi) is 3.77. The van der Waals surface area contributed by atoms with Crippen LogP contribution in [0.25, 0.3) is 0 Å². The topological polar surface area (TPSA) is 53.1 Å². The molecule has 0 bridgehead atoms. The molecular weight excluding hydrogens is 214 g/mol. The maximum atomic E-state index is 5.81. The van der Waals surface area contributed by atoms with E-state index in [9.17, 15) is 0 Å². The summed E-state index contributed by atoms with van der Waals surface area (Å²) in [4.78, 5) is 0. The molecule has 1 aromatic carbocycles. The van der Waals surface area contributed by atoms with Crippen LogP contribution in [0.2, 0.25) is 0 Å². The van der Waals surface area contributed by atoms with E-state index in [1.54, 1.807) is 6.20 Å². The van der Waals surface area contributed by atoms with E-state index in [1.807, 2.05) is 42.1 Å². The van der Waals surface area contributed by atoms with Crippen LogP contribution in [-0.4, -0.2) is 16.3 Å². The third kappa shape index (κ3) is 2.85. The van der Waals surface area contributed by atoms with Gasteiger partial charge in [-0.25, -0.2) is 0 Å². The van der Waals surface area contributed by atoms with Gasteiger partial charge in [0.05, 0.1) is 12.4 Å². The summed E-state index contributed by atoms with van der Waals surface area (Å²) in [5.41, 5.74) is 6.70. The molecule has 2 rings (SSSR count). The van der Waals surface area contributed by atoms with Crippen molar-refractivity contribution in [3.8, 4) is 11.5 Å². The minimum Gasteiger partial charge on any atom is -0.454 e. The maximum Gasteiger partial charge on any atom is 0.165 e. The third-order valence-electron chi connectivity index (χ3n) is 2.55. The normalized spacial score (nSPS) is 10.5. The molecule has 1 aromatic heterocycles. The predicted molar refractivity (Wildman–Crippen MR) is 67.2 cm³/mol. The van der Waals surface area contributed by atoms with Gasteiger partial charge < -0.3 is 10.5 Å². The zero-order valence-electron chi connectivity index (χ0n) is 9.97. The van der Waals surface area contributed by atoms with E-state index in [-0.39, 0.29) is 0 Å². The zero-order chi connectivity index (χ0) is 12.1. The van der Waals surface area contributed by atoms with Gasteiger partial charge in [0.25, 0.3) is 0 Å². The molecule has 4 heteroatoms. The van der Waals surface area contributed by atoms with E-state index in [4.69, 9.17) is 10.5 Å². The molecule has 0 amide bonds. The molecule has 1 heterocycles. The van der Waals surface area contributed by atoms with E-state index < -0.39 is 0 Å². The zero-order valence-corrected chi connectivity index (χ0v) is 9.97. The molecule has 0 saturated carbocycles. The van der Waals surface area contributed by atoms with Gasteiger partial charge in [0, 0.05) is 6.54 Å². The van der Waals surface area contributed by atoms with Crippen LogP contribution >= 0.6 is 0 Å². The average molecular weight is 231 g/mol. The Balaban J connectivity index is 2.17. The van der Waals surface area contributed by atoms with Gasteiger partial charge >= 0.3 is 0 Å². The standard InChI is InChI=1S/C13H17N3O/c1-2-16-10-12(9-15-16)17-13-6-4-3-5-11(13)7-8-14/h3-6,9-10H,2,7-8,14H2,1H3. The van der Waals surface area contributed by atoms with Gasteiger partial charge in [-0.05, 0) is 31.5 Å². The maximum absolute atomic E-state index is 5.81. The first kappa shape index (κ1) is 11.7. The lowest BCUT2D eigenvalue weighted by atomic mass is 10.1. The van der Waals surface area contributed by atoms with Gasteiger partial charge in [0.1, 0.15) is 5.75 Å². The Bertz CT molecular complexity index is 479. The van der Waals surface area contributed by atoms with E-state index in [1.165, 1.54) is 0 Å². The van der Waals surface area contributed by atoms with Gasteiger partial charge in [0.15, 0.2) is 5.75 Å². The Morgan fingerprint density at radius 3 is 2.88 bits per heavy atom. The number of ether oxygens (including phenoxy) is 1. The van der Waals surface area contributed by atoms with Crippen molar-refractivity contribution in [3.63, 3.8) is 0 Å². The fraction of sp³-hybridized carbons (Fsp3) is 0.308. The highest BCUT2D eigenvalue weighted by Crippen LogP contribution is 2.24. The predicted octanol–water partition coefficient (Wildman–Crippen LogP) is 2.20. The summed E-state index contributed by atoms with van der Waals surface area (Å²) < 4.78 is 7.64. The SMILES string of the molecule is CCn1cc(Oc2ccccc2CCN)cn1. The smallest absolute Gasteiger partial charge is 0.165 e. The Hall–Kier alpha value is -1.81. The highest BCUT2D eigenvalue weighted by atomic mass is 16.5. The number of nitrogens with zero attached hydrogens (tertiary/aromatic N) is 2. The van der Waals surface area contributed by atoms with Gasteiger partial charge in [-0.15, -0.1) is 0 Å². The second kappa shape index (κ2) is 5.50. The molecule has 0 fully saturated rings. The number of benzene rings is 1. The van der Waals surface area contributed by atoms with Gasteiger partial charge in [-0.2, -0.15) is 5.10 Å². The second-order valence-corrected chi connectivity index (χ2v) is 3.78. The number of nitrogens with two attached hydrogens (primary N) is 1. The largest absolute Gasteiger partial charge is 0.454 e. The summed E-state index contributed by atoms with van der Waals surface area (Å²) in [6.45, 7) is 3.50. The number of para-hydroxylation sites is 1. The Labute approximate surface area is 101 Å². The monoisotopic (exact) mass is 231 g/mol. The molecule has 0 radical (unpaired) electrons. The number of aryl methyl sites for hydroxylation is 1. The van der Waals surface area contributed by atoms with E-state index in [0.717, 1.165) is 30.0 Å². The molecule has 0 aliphatic heterocycles. The molecule has 2 aromatic rings. The van der Waals surface area contributed by atoms with Crippen LogP contribution < -0.4 is 10.5 Å². The van der Waals surface area contributed by atoms with Gasteiger partial charge in [-0.1, -0.05) is 18.2 Å². The number of aromatic nitrogens is 2. The summed E-state index contributed by atoms with van der Waals surface area (Å²) in [5, 5.41) is 4.17. The summed E-state index contributed by atoms with van der Waals surface area (Å²) in [5.74, 6) is 1.62. The molecule has 0 spiro atoms.